The number of carbonyl (C=O) groups is 2. The molecule has 5 nitrogen and oxygen atoms in total. The van der Waals surface area contributed by atoms with Crippen LogP contribution in [0.15, 0.2) is 0 Å². The van der Waals surface area contributed by atoms with E-state index in [-0.39, 0.29) is 24.0 Å². The topological polar surface area (TPSA) is 78.4 Å². The first-order chi connectivity index (χ1) is 9.06. The first-order valence-corrected chi connectivity index (χ1v) is 8.25. The molecule has 0 aromatic heterocycles. The van der Waals surface area contributed by atoms with Crippen molar-refractivity contribution in [3.63, 3.8) is 0 Å². The van der Waals surface area contributed by atoms with E-state index in [1.807, 2.05) is 6.26 Å². The van der Waals surface area contributed by atoms with Crippen molar-refractivity contribution in [1.82, 2.24) is 10.6 Å². The van der Waals surface area contributed by atoms with Crippen molar-refractivity contribution in [3.8, 4) is 0 Å². The van der Waals surface area contributed by atoms with Crippen LogP contribution in [-0.2, 0) is 4.79 Å². The lowest BCUT2D eigenvalue weighted by Crippen LogP contribution is -2.48. The summed E-state index contributed by atoms with van der Waals surface area (Å²) in [4.78, 5) is 22.7. The van der Waals surface area contributed by atoms with Crippen LogP contribution in [0.1, 0.15) is 39.0 Å². The average molecular weight is 288 g/mol. The Bertz CT molecular complexity index is 304. The molecule has 1 unspecified atom stereocenters. The minimum absolute atomic E-state index is 0.113. The lowest BCUT2D eigenvalue weighted by molar-refractivity contribution is -0.142. The second-order valence-electron chi connectivity index (χ2n) is 5.07. The third-order valence-corrected chi connectivity index (χ3v) is 4.34. The highest BCUT2D eigenvalue weighted by atomic mass is 32.2. The van der Waals surface area contributed by atoms with E-state index in [0.29, 0.717) is 12.8 Å². The van der Waals surface area contributed by atoms with Crippen LogP contribution < -0.4 is 10.6 Å². The molecule has 0 bridgehead atoms. The van der Waals surface area contributed by atoms with Gasteiger partial charge in [-0.15, -0.1) is 0 Å². The lowest BCUT2D eigenvalue weighted by Gasteiger charge is -2.27. The Hall–Kier alpha value is -0.910. The third kappa shape index (κ3) is 5.72. The van der Waals surface area contributed by atoms with Gasteiger partial charge in [0, 0.05) is 17.8 Å². The molecule has 110 valence electrons. The molecule has 1 saturated carbocycles. The first-order valence-electron chi connectivity index (χ1n) is 6.85. The number of amides is 2. The van der Waals surface area contributed by atoms with E-state index in [2.05, 4.69) is 17.6 Å². The molecule has 0 radical (unpaired) electrons. The van der Waals surface area contributed by atoms with Crippen molar-refractivity contribution in [1.29, 1.82) is 0 Å². The van der Waals surface area contributed by atoms with Gasteiger partial charge in [0.15, 0.2) is 0 Å². The number of carboxylic acids is 1. The zero-order valence-electron chi connectivity index (χ0n) is 11.6. The summed E-state index contributed by atoms with van der Waals surface area (Å²) < 4.78 is 0. The molecule has 6 heteroatoms. The number of hydrogen-bond donors (Lipinski definition) is 3. The van der Waals surface area contributed by atoms with Gasteiger partial charge >= 0.3 is 12.0 Å². The van der Waals surface area contributed by atoms with Crippen LogP contribution in [-0.4, -0.2) is 41.2 Å². The summed E-state index contributed by atoms with van der Waals surface area (Å²) in [6.07, 6.45) is 5.76. The molecule has 2 amide bonds. The Morgan fingerprint density at radius 3 is 2.42 bits per heavy atom. The molecule has 1 atom stereocenters. The van der Waals surface area contributed by atoms with Crippen LogP contribution in [0.3, 0.4) is 0 Å². The minimum atomic E-state index is -0.714. The van der Waals surface area contributed by atoms with Crippen LogP contribution in [0.4, 0.5) is 4.79 Å². The SMILES string of the molecule is CCC(CSC)NC(=O)NC1CCC(C(=O)O)CC1. The normalized spacial score (nSPS) is 24.5. The second-order valence-corrected chi connectivity index (χ2v) is 5.98. The summed E-state index contributed by atoms with van der Waals surface area (Å²) in [5.74, 6) is -0.0368. The van der Waals surface area contributed by atoms with Gasteiger partial charge < -0.3 is 15.7 Å². The molecule has 0 aromatic rings. The van der Waals surface area contributed by atoms with Crippen molar-refractivity contribution in [2.75, 3.05) is 12.0 Å². The molecule has 3 N–H and O–H groups in total. The zero-order valence-corrected chi connectivity index (χ0v) is 12.5. The Morgan fingerprint density at radius 2 is 1.95 bits per heavy atom. The van der Waals surface area contributed by atoms with Crippen LogP contribution in [0.5, 0.6) is 0 Å². The van der Waals surface area contributed by atoms with E-state index in [9.17, 15) is 9.59 Å². The smallest absolute Gasteiger partial charge is 0.315 e. The molecular weight excluding hydrogens is 264 g/mol. The second kappa shape index (κ2) is 8.30. The van der Waals surface area contributed by atoms with E-state index in [0.717, 1.165) is 25.0 Å². The highest BCUT2D eigenvalue weighted by Crippen LogP contribution is 2.24. The molecule has 19 heavy (non-hydrogen) atoms. The number of carbonyl (C=O) groups excluding carboxylic acids is 1. The fourth-order valence-corrected chi connectivity index (χ4v) is 3.08. The number of aliphatic carboxylic acids is 1. The number of hydrogen-bond acceptors (Lipinski definition) is 3. The fraction of sp³-hybridized carbons (Fsp3) is 0.846. The Morgan fingerprint density at radius 1 is 1.32 bits per heavy atom. The summed E-state index contributed by atoms with van der Waals surface area (Å²) in [6, 6.07) is 0.187. The van der Waals surface area contributed by atoms with Crippen molar-refractivity contribution in [2.24, 2.45) is 5.92 Å². The lowest BCUT2D eigenvalue weighted by atomic mass is 9.86. The Kier molecular flexibility index (Phi) is 7.05. The summed E-state index contributed by atoms with van der Waals surface area (Å²) in [5, 5.41) is 14.8. The van der Waals surface area contributed by atoms with Gasteiger partial charge in [-0.2, -0.15) is 11.8 Å². The third-order valence-electron chi connectivity index (χ3n) is 3.61. The maximum atomic E-state index is 11.8. The number of urea groups is 1. The van der Waals surface area contributed by atoms with E-state index >= 15 is 0 Å². The van der Waals surface area contributed by atoms with Crippen LogP contribution >= 0.6 is 11.8 Å². The predicted molar refractivity (Wildman–Crippen MR) is 77.5 cm³/mol. The largest absolute Gasteiger partial charge is 0.481 e. The molecule has 0 saturated heterocycles. The van der Waals surface area contributed by atoms with Gasteiger partial charge in [0.25, 0.3) is 0 Å². The summed E-state index contributed by atoms with van der Waals surface area (Å²) in [7, 11) is 0. The molecule has 1 aliphatic carbocycles. The number of rotatable bonds is 6. The standard InChI is InChI=1S/C13H24N2O3S/c1-3-10(8-19-2)14-13(18)15-11-6-4-9(5-7-11)12(16)17/h9-11H,3-8H2,1-2H3,(H,16,17)(H2,14,15,18). The summed E-state index contributed by atoms with van der Waals surface area (Å²) >= 11 is 1.72. The maximum Gasteiger partial charge on any atom is 0.315 e. The van der Waals surface area contributed by atoms with Gasteiger partial charge in [0.2, 0.25) is 0 Å². The summed E-state index contributed by atoms with van der Waals surface area (Å²) in [5.41, 5.74) is 0. The minimum Gasteiger partial charge on any atom is -0.481 e. The summed E-state index contributed by atoms with van der Waals surface area (Å²) in [6.45, 7) is 2.05. The van der Waals surface area contributed by atoms with E-state index in [1.165, 1.54) is 0 Å². The molecular formula is C13H24N2O3S. The zero-order chi connectivity index (χ0) is 14.3. The van der Waals surface area contributed by atoms with Gasteiger partial charge in [0.05, 0.1) is 5.92 Å². The molecule has 1 rings (SSSR count). The van der Waals surface area contributed by atoms with Crippen molar-refractivity contribution < 1.29 is 14.7 Å². The van der Waals surface area contributed by atoms with Gasteiger partial charge in [-0.05, 0) is 38.4 Å². The number of carboxylic acid groups (broad SMARTS) is 1. The maximum absolute atomic E-state index is 11.8. The Balaban J connectivity index is 2.28. The van der Waals surface area contributed by atoms with Crippen molar-refractivity contribution in [2.45, 2.75) is 51.1 Å². The molecule has 0 aromatic carbocycles. The molecule has 1 fully saturated rings. The van der Waals surface area contributed by atoms with Crippen LogP contribution in [0.25, 0.3) is 0 Å². The van der Waals surface area contributed by atoms with E-state index in [1.54, 1.807) is 11.8 Å². The van der Waals surface area contributed by atoms with Gasteiger partial charge in [-0.25, -0.2) is 4.79 Å². The predicted octanol–water partition coefficient (Wildman–Crippen LogP) is 2.07. The molecule has 0 aliphatic heterocycles. The Labute approximate surface area is 118 Å². The fourth-order valence-electron chi connectivity index (χ4n) is 2.36. The monoisotopic (exact) mass is 288 g/mol. The first kappa shape index (κ1) is 16.1. The highest BCUT2D eigenvalue weighted by Gasteiger charge is 2.26. The van der Waals surface area contributed by atoms with Crippen molar-refractivity contribution in [3.05, 3.63) is 0 Å². The van der Waals surface area contributed by atoms with Crippen molar-refractivity contribution >= 4 is 23.8 Å². The number of thioether (sulfide) groups is 1. The van der Waals surface area contributed by atoms with Gasteiger partial charge in [-0.3, -0.25) is 4.79 Å². The van der Waals surface area contributed by atoms with E-state index < -0.39 is 5.97 Å². The van der Waals surface area contributed by atoms with Crippen LogP contribution in [0.2, 0.25) is 0 Å². The number of nitrogens with one attached hydrogen (secondary N) is 2. The molecule has 1 aliphatic rings. The quantitative estimate of drug-likeness (QED) is 0.699. The molecule has 0 heterocycles. The van der Waals surface area contributed by atoms with E-state index in [4.69, 9.17) is 5.11 Å². The highest BCUT2D eigenvalue weighted by molar-refractivity contribution is 7.98. The average Bonchev–Trinajstić information content (AvgIpc) is 2.38. The molecule has 0 spiro atoms. The van der Waals surface area contributed by atoms with Gasteiger partial charge in [0.1, 0.15) is 0 Å². The van der Waals surface area contributed by atoms with Crippen LogP contribution in [0, 0.1) is 5.92 Å². The van der Waals surface area contributed by atoms with Gasteiger partial charge in [-0.1, -0.05) is 6.92 Å².